The maximum absolute atomic E-state index is 7.30. The standard InChI is InChI=1S/C25H40N4/c1-25(26)20-14-10-8-12-18(20)16-22-24(25)27(2)29(5,6)23-19-13-9-7-11-17(19)15-21(23)28(22,3)4/h7-14,17-24H,15-16,26H2,1-6H3/q+2. The molecule has 0 bridgehead atoms. The molecular weight excluding hydrogens is 356 g/mol. The Labute approximate surface area is 177 Å². The van der Waals surface area contributed by atoms with Crippen molar-refractivity contribution in [2.24, 2.45) is 29.4 Å². The molecule has 0 aromatic carbocycles. The number of hydrogen-bond acceptors (Lipinski definition) is 2. The van der Waals surface area contributed by atoms with Crippen LogP contribution < -0.4 is 5.73 Å². The molecule has 1 saturated heterocycles. The van der Waals surface area contributed by atoms with E-state index in [1.165, 1.54) is 12.8 Å². The quantitative estimate of drug-likeness (QED) is 0.638. The summed E-state index contributed by atoms with van der Waals surface area (Å²) in [6, 6.07) is 2.10. The molecule has 0 radical (unpaired) electrons. The van der Waals surface area contributed by atoms with Gasteiger partial charge in [0.15, 0.2) is 6.04 Å². The molecule has 2 saturated carbocycles. The number of allylic oxidation sites excluding steroid dienone is 6. The maximum Gasteiger partial charge on any atom is 0.165 e. The third kappa shape index (κ3) is 2.52. The van der Waals surface area contributed by atoms with Gasteiger partial charge in [0.05, 0.1) is 28.2 Å². The normalized spacial score (nSPS) is 51.7. The zero-order chi connectivity index (χ0) is 20.8. The molecule has 9 atom stereocenters. The molecule has 0 aromatic rings. The van der Waals surface area contributed by atoms with Crippen LogP contribution in [0.2, 0.25) is 0 Å². The van der Waals surface area contributed by atoms with Crippen LogP contribution in [0.25, 0.3) is 0 Å². The summed E-state index contributed by atoms with van der Waals surface area (Å²) < 4.78 is 2.01. The van der Waals surface area contributed by atoms with Crippen molar-refractivity contribution in [3.05, 3.63) is 48.6 Å². The van der Waals surface area contributed by atoms with Gasteiger partial charge in [-0.1, -0.05) is 48.6 Å². The predicted octanol–water partition coefficient (Wildman–Crippen LogP) is 2.72. The van der Waals surface area contributed by atoms with Gasteiger partial charge in [0.1, 0.15) is 18.1 Å². The second-order valence-electron chi connectivity index (χ2n) is 11.6. The van der Waals surface area contributed by atoms with Crippen molar-refractivity contribution in [1.29, 1.82) is 0 Å². The van der Waals surface area contributed by atoms with Crippen molar-refractivity contribution < 1.29 is 9.08 Å². The van der Waals surface area contributed by atoms with E-state index in [4.69, 9.17) is 5.73 Å². The topological polar surface area (TPSA) is 29.3 Å². The minimum absolute atomic E-state index is 0.255. The number of nitrogens with two attached hydrogens (primary N) is 1. The summed E-state index contributed by atoms with van der Waals surface area (Å²) in [4.78, 5) is 0. The summed E-state index contributed by atoms with van der Waals surface area (Å²) in [6.07, 6.45) is 21.3. The van der Waals surface area contributed by atoms with Gasteiger partial charge < -0.3 is 10.2 Å². The monoisotopic (exact) mass is 396 g/mol. The van der Waals surface area contributed by atoms with Gasteiger partial charge in [-0.15, -0.1) is 5.01 Å². The van der Waals surface area contributed by atoms with E-state index in [9.17, 15) is 0 Å². The fourth-order valence-electron chi connectivity index (χ4n) is 8.09. The van der Waals surface area contributed by atoms with Crippen LogP contribution in [-0.4, -0.2) is 79.0 Å². The lowest BCUT2D eigenvalue weighted by molar-refractivity contribution is -1.04. The van der Waals surface area contributed by atoms with E-state index in [2.05, 4.69) is 95.8 Å². The molecule has 9 unspecified atom stereocenters. The number of quaternary nitrogens is 2. The van der Waals surface area contributed by atoms with Gasteiger partial charge in [-0.25, -0.2) is 4.59 Å². The van der Waals surface area contributed by atoms with Gasteiger partial charge in [0.2, 0.25) is 0 Å². The number of rotatable bonds is 0. The highest BCUT2D eigenvalue weighted by Crippen LogP contribution is 2.53. The fourth-order valence-corrected chi connectivity index (χ4v) is 8.09. The highest BCUT2D eigenvalue weighted by atomic mass is 15.8. The van der Waals surface area contributed by atoms with Crippen LogP contribution in [0.3, 0.4) is 0 Å². The highest BCUT2D eigenvalue weighted by Gasteiger charge is 2.68. The molecule has 5 aliphatic rings. The average Bonchev–Trinajstić information content (AvgIpc) is 3.06. The van der Waals surface area contributed by atoms with Crippen molar-refractivity contribution in [3.63, 3.8) is 0 Å². The number of fused-ring (bicyclic) bond motifs is 5. The van der Waals surface area contributed by atoms with E-state index in [0.29, 0.717) is 47.8 Å². The molecule has 4 heteroatoms. The van der Waals surface area contributed by atoms with E-state index in [1.54, 1.807) is 0 Å². The SMILES string of the molecule is CN1C2C(CC3C=CC=CC3C2(C)N)[N+](C)(C)C2CC3C=CC=CC3C2[N+]1(C)C. The highest BCUT2D eigenvalue weighted by molar-refractivity contribution is 5.25. The van der Waals surface area contributed by atoms with E-state index >= 15 is 0 Å². The van der Waals surface area contributed by atoms with Crippen LogP contribution in [0, 0.1) is 23.7 Å². The molecule has 4 nitrogen and oxygen atoms in total. The molecule has 3 fully saturated rings. The molecule has 5 rings (SSSR count). The number of likely N-dealkylation sites (N-methyl/N-ethyl adjacent to an activating group) is 3. The summed E-state index contributed by atoms with van der Waals surface area (Å²) in [5.41, 5.74) is 7.04. The molecule has 0 aromatic heterocycles. The molecule has 2 N–H and O–H groups in total. The summed E-state index contributed by atoms with van der Waals surface area (Å²) in [6.45, 7) is 2.33. The van der Waals surface area contributed by atoms with Crippen LogP contribution in [0.15, 0.2) is 48.6 Å². The summed E-state index contributed by atoms with van der Waals surface area (Å²) in [5, 5.41) is 2.66. The van der Waals surface area contributed by atoms with Crippen molar-refractivity contribution in [2.45, 2.75) is 49.5 Å². The summed E-state index contributed by atoms with van der Waals surface area (Å²) >= 11 is 0. The smallest absolute Gasteiger partial charge is 0.165 e. The van der Waals surface area contributed by atoms with Gasteiger partial charge in [-0.3, -0.25) is 0 Å². The Kier molecular flexibility index (Phi) is 4.20. The van der Waals surface area contributed by atoms with Crippen LogP contribution in [0.5, 0.6) is 0 Å². The first-order chi connectivity index (χ1) is 13.6. The zero-order valence-corrected chi connectivity index (χ0v) is 19.1. The molecule has 1 aliphatic heterocycles. The predicted molar refractivity (Wildman–Crippen MR) is 119 cm³/mol. The molecule has 158 valence electrons. The molecular formula is C25H40N4+2. The Bertz CT molecular complexity index is 802. The molecule has 1 heterocycles. The van der Waals surface area contributed by atoms with Gasteiger partial charge >= 0.3 is 0 Å². The number of hydrogen-bond donors (Lipinski definition) is 1. The van der Waals surface area contributed by atoms with Crippen molar-refractivity contribution in [2.75, 3.05) is 35.2 Å². The zero-order valence-electron chi connectivity index (χ0n) is 19.1. The molecule has 0 amide bonds. The molecule has 4 aliphatic carbocycles. The van der Waals surface area contributed by atoms with Crippen LogP contribution in [0.4, 0.5) is 0 Å². The maximum atomic E-state index is 7.30. The summed E-state index contributed by atoms with van der Waals surface area (Å²) in [7, 11) is 12.3. The lowest BCUT2D eigenvalue weighted by atomic mass is 9.61. The van der Waals surface area contributed by atoms with Gasteiger partial charge in [0, 0.05) is 37.3 Å². The third-order valence-corrected chi connectivity index (χ3v) is 9.74. The van der Waals surface area contributed by atoms with Crippen LogP contribution in [-0.2, 0) is 0 Å². The van der Waals surface area contributed by atoms with Crippen molar-refractivity contribution >= 4 is 0 Å². The van der Waals surface area contributed by atoms with Crippen molar-refractivity contribution in [1.82, 2.24) is 5.01 Å². The number of nitrogens with zero attached hydrogens (tertiary/aromatic N) is 3. The van der Waals surface area contributed by atoms with Gasteiger partial charge in [-0.05, 0) is 18.8 Å². The molecule has 0 spiro atoms. The Hall–Kier alpha value is -1.20. The Balaban J connectivity index is 1.65. The van der Waals surface area contributed by atoms with Crippen LogP contribution >= 0.6 is 0 Å². The minimum Gasteiger partial charge on any atom is -0.323 e. The van der Waals surface area contributed by atoms with Gasteiger partial charge in [0.25, 0.3) is 0 Å². The fraction of sp³-hybridized carbons (Fsp3) is 0.680. The third-order valence-electron chi connectivity index (χ3n) is 9.74. The second-order valence-corrected chi connectivity index (χ2v) is 11.6. The first kappa shape index (κ1) is 19.7. The van der Waals surface area contributed by atoms with Crippen molar-refractivity contribution in [3.8, 4) is 0 Å². The average molecular weight is 397 g/mol. The summed E-state index contributed by atoms with van der Waals surface area (Å²) in [5.74, 6) is 2.26. The van der Waals surface area contributed by atoms with E-state index in [0.717, 1.165) is 9.08 Å². The Morgan fingerprint density at radius 1 is 0.862 bits per heavy atom. The van der Waals surface area contributed by atoms with Crippen LogP contribution in [0.1, 0.15) is 19.8 Å². The Morgan fingerprint density at radius 3 is 2.17 bits per heavy atom. The molecule has 29 heavy (non-hydrogen) atoms. The lowest BCUT2D eigenvalue weighted by Gasteiger charge is -2.57. The van der Waals surface area contributed by atoms with E-state index in [1.807, 2.05) is 0 Å². The Morgan fingerprint density at radius 2 is 1.45 bits per heavy atom. The second kappa shape index (κ2) is 6.16. The first-order valence-corrected chi connectivity index (χ1v) is 11.5. The van der Waals surface area contributed by atoms with Gasteiger partial charge in [-0.2, -0.15) is 0 Å². The van der Waals surface area contributed by atoms with E-state index in [-0.39, 0.29) is 5.54 Å². The first-order valence-electron chi connectivity index (χ1n) is 11.5. The van der Waals surface area contributed by atoms with E-state index < -0.39 is 0 Å². The minimum atomic E-state index is -0.255. The largest absolute Gasteiger partial charge is 0.323 e. The lowest BCUT2D eigenvalue weighted by Crippen LogP contribution is -2.76.